The first-order chi connectivity index (χ1) is 10.4. The SMILES string of the molecule is C.Cc1cnc(C(C)(C)C)cn1.Cc1cnc(C(C)(C)C)nc1C. The van der Waals surface area contributed by atoms with Crippen molar-refractivity contribution in [2.24, 2.45) is 0 Å². The fraction of sp³-hybridized carbons (Fsp3) is 0.600. The average Bonchev–Trinajstić information content (AvgIpc) is 2.41. The zero-order valence-corrected chi connectivity index (χ0v) is 16.0. The van der Waals surface area contributed by atoms with Crippen LogP contribution in [-0.2, 0) is 10.8 Å². The number of aromatic nitrogens is 4. The van der Waals surface area contributed by atoms with Gasteiger partial charge >= 0.3 is 0 Å². The van der Waals surface area contributed by atoms with Gasteiger partial charge in [0.25, 0.3) is 0 Å². The number of rotatable bonds is 0. The molecular weight excluding hydrogens is 296 g/mol. The molecule has 2 rings (SSSR count). The van der Waals surface area contributed by atoms with Gasteiger partial charge in [-0.05, 0) is 26.3 Å². The molecule has 0 unspecified atom stereocenters. The Morgan fingerprint density at radius 1 is 0.708 bits per heavy atom. The summed E-state index contributed by atoms with van der Waals surface area (Å²) in [5, 5.41) is 0. The van der Waals surface area contributed by atoms with Gasteiger partial charge in [-0.3, -0.25) is 9.97 Å². The predicted molar refractivity (Wildman–Crippen MR) is 102 cm³/mol. The van der Waals surface area contributed by atoms with E-state index in [1.807, 2.05) is 33.2 Å². The highest BCUT2D eigenvalue weighted by Crippen LogP contribution is 2.19. The van der Waals surface area contributed by atoms with Crippen LogP contribution in [0.1, 0.15) is 77.4 Å². The van der Waals surface area contributed by atoms with Crippen LogP contribution in [0.2, 0.25) is 0 Å². The van der Waals surface area contributed by atoms with E-state index in [1.54, 1.807) is 6.20 Å². The van der Waals surface area contributed by atoms with Gasteiger partial charge in [0.15, 0.2) is 0 Å². The van der Waals surface area contributed by atoms with Crippen LogP contribution in [0.15, 0.2) is 18.6 Å². The third-order valence-electron chi connectivity index (χ3n) is 3.44. The number of nitrogens with zero attached hydrogens (tertiary/aromatic N) is 4. The van der Waals surface area contributed by atoms with E-state index in [1.165, 1.54) is 0 Å². The van der Waals surface area contributed by atoms with E-state index in [4.69, 9.17) is 0 Å². The van der Waals surface area contributed by atoms with Gasteiger partial charge in [0.2, 0.25) is 0 Å². The molecule has 0 N–H and O–H groups in total. The second-order valence-corrected chi connectivity index (χ2v) is 8.01. The van der Waals surface area contributed by atoms with Crippen LogP contribution in [0.3, 0.4) is 0 Å². The van der Waals surface area contributed by atoms with Gasteiger partial charge in [0.05, 0.1) is 11.4 Å². The Labute approximate surface area is 148 Å². The van der Waals surface area contributed by atoms with Crippen molar-refractivity contribution in [2.45, 2.75) is 80.6 Å². The summed E-state index contributed by atoms with van der Waals surface area (Å²) in [7, 11) is 0. The molecular formula is C20H34N4. The van der Waals surface area contributed by atoms with Crippen LogP contribution >= 0.6 is 0 Å². The molecule has 134 valence electrons. The van der Waals surface area contributed by atoms with E-state index in [0.717, 1.165) is 28.5 Å². The predicted octanol–water partition coefficient (Wildman–Crippen LogP) is 5.11. The molecule has 0 atom stereocenters. The highest BCUT2D eigenvalue weighted by atomic mass is 14.9. The van der Waals surface area contributed by atoms with Crippen LogP contribution in [0.5, 0.6) is 0 Å². The lowest BCUT2D eigenvalue weighted by atomic mass is 9.93. The van der Waals surface area contributed by atoms with Crippen LogP contribution in [-0.4, -0.2) is 19.9 Å². The average molecular weight is 331 g/mol. The molecule has 0 spiro atoms. The van der Waals surface area contributed by atoms with Crippen molar-refractivity contribution in [3.05, 3.63) is 47.1 Å². The largest absolute Gasteiger partial charge is 0.258 e. The molecule has 0 radical (unpaired) electrons. The quantitative estimate of drug-likeness (QED) is 0.673. The minimum absolute atomic E-state index is 0. The molecule has 4 nitrogen and oxygen atoms in total. The van der Waals surface area contributed by atoms with Gasteiger partial charge < -0.3 is 0 Å². The van der Waals surface area contributed by atoms with Crippen molar-refractivity contribution >= 4 is 0 Å². The van der Waals surface area contributed by atoms with E-state index < -0.39 is 0 Å². The smallest absolute Gasteiger partial charge is 0.133 e. The van der Waals surface area contributed by atoms with Crippen LogP contribution in [0.4, 0.5) is 0 Å². The third kappa shape index (κ3) is 6.73. The second kappa shape index (κ2) is 8.32. The maximum Gasteiger partial charge on any atom is 0.133 e. The summed E-state index contributed by atoms with van der Waals surface area (Å²) in [6, 6.07) is 0. The van der Waals surface area contributed by atoms with Crippen molar-refractivity contribution in [1.82, 2.24) is 19.9 Å². The van der Waals surface area contributed by atoms with E-state index in [2.05, 4.69) is 61.5 Å². The Morgan fingerprint density at radius 3 is 1.67 bits per heavy atom. The van der Waals surface area contributed by atoms with Crippen LogP contribution in [0.25, 0.3) is 0 Å². The maximum atomic E-state index is 4.43. The molecule has 0 aliphatic carbocycles. The summed E-state index contributed by atoms with van der Waals surface area (Å²) in [5.74, 6) is 0.922. The van der Waals surface area contributed by atoms with Gasteiger partial charge in [-0.15, -0.1) is 0 Å². The standard InChI is InChI=1S/C10H16N2.C9H14N2.CH4/c1-7-6-11-9(10(3,4)5)12-8(7)2;1-7-5-11-8(6-10-7)9(2,3)4;/h6H,1-5H3;5-6H,1-4H3;1H4. The molecule has 2 aromatic rings. The van der Waals surface area contributed by atoms with Crippen molar-refractivity contribution in [1.29, 1.82) is 0 Å². The lowest BCUT2D eigenvalue weighted by Crippen LogP contribution is -2.16. The molecule has 4 heteroatoms. The first-order valence-corrected chi connectivity index (χ1v) is 8.01. The van der Waals surface area contributed by atoms with E-state index in [-0.39, 0.29) is 18.3 Å². The van der Waals surface area contributed by atoms with Gasteiger partial charge in [-0.25, -0.2) is 9.97 Å². The molecule has 2 heterocycles. The zero-order valence-electron chi connectivity index (χ0n) is 16.0. The Balaban J connectivity index is 0.000000425. The number of aryl methyl sites for hydroxylation is 3. The van der Waals surface area contributed by atoms with Crippen LogP contribution < -0.4 is 0 Å². The summed E-state index contributed by atoms with van der Waals surface area (Å²) >= 11 is 0. The van der Waals surface area contributed by atoms with Crippen molar-refractivity contribution in [3.8, 4) is 0 Å². The summed E-state index contributed by atoms with van der Waals surface area (Å²) in [6.07, 6.45) is 5.54. The highest BCUT2D eigenvalue weighted by Gasteiger charge is 2.17. The monoisotopic (exact) mass is 330 g/mol. The molecule has 0 fully saturated rings. The lowest BCUT2D eigenvalue weighted by Gasteiger charge is -2.16. The van der Waals surface area contributed by atoms with E-state index in [9.17, 15) is 0 Å². The molecule has 24 heavy (non-hydrogen) atoms. The summed E-state index contributed by atoms with van der Waals surface area (Å²) < 4.78 is 0. The molecule has 0 saturated carbocycles. The van der Waals surface area contributed by atoms with Gasteiger partial charge in [0, 0.05) is 35.1 Å². The highest BCUT2D eigenvalue weighted by molar-refractivity contribution is 5.16. The molecule has 2 aromatic heterocycles. The third-order valence-corrected chi connectivity index (χ3v) is 3.44. The topological polar surface area (TPSA) is 51.6 Å². The molecule has 0 amide bonds. The Morgan fingerprint density at radius 2 is 1.29 bits per heavy atom. The van der Waals surface area contributed by atoms with Gasteiger partial charge in [-0.2, -0.15) is 0 Å². The molecule has 0 aliphatic rings. The first-order valence-electron chi connectivity index (χ1n) is 8.01. The Bertz CT molecular complexity index is 632. The number of hydrogen-bond acceptors (Lipinski definition) is 4. The van der Waals surface area contributed by atoms with E-state index in [0.29, 0.717) is 0 Å². The fourth-order valence-corrected chi connectivity index (χ4v) is 1.67. The Hall–Kier alpha value is -1.84. The van der Waals surface area contributed by atoms with Crippen molar-refractivity contribution < 1.29 is 0 Å². The normalized spacial score (nSPS) is 11.2. The zero-order chi connectivity index (χ0) is 17.8. The van der Waals surface area contributed by atoms with Crippen molar-refractivity contribution in [3.63, 3.8) is 0 Å². The van der Waals surface area contributed by atoms with E-state index >= 15 is 0 Å². The summed E-state index contributed by atoms with van der Waals surface area (Å²) in [4.78, 5) is 17.2. The first kappa shape index (κ1) is 22.2. The Kier molecular flexibility index (Phi) is 7.68. The molecule has 0 aliphatic heterocycles. The maximum absolute atomic E-state index is 4.43. The van der Waals surface area contributed by atoms with Gasteiger partial charge in [0.1, 0.15) is 5.82 Å². The van der Waals surface area contributed by atoms with Gasteiger partial charge in [-0.1, -0.05) is 49.0 Å². The summed E-state index contributed by atoms with van der Waals surface area (Å²) in [6.45, 7) is 18.8. The number of hydrogen-bond donors (Lipinski definition) is 0. The van der Waals surface area contributed by atoms with Crippen molar-refractivity contribution in [2.75, 3.05) is 0 Å². The lowest BCUT2D eigenvalue weighted by molar-refractivity contribution is 0.542. The molecule has 0 saturated heterocycles. The molecule has 0 bridgehead atoms. The van der Waals surface area contributed by atoms with Crippen LogP contribution in [0, 0.1) is 20.8 Å². The minimum atomic E-state index is 0. The second-order valence-electron chi connectivity index (χ2n) is 8.01. The minimum Gasteiger partial charge on any atom is -0.258 e. The molecule has 0 aromatic carbocycles. The fourth-order valence-electron chi connectivity index (χ4n) is 1.67. The summed E-state index contributed by atoms with van der Waals surface area (Å²) in [5.41, 5.74) is 4.41.